The lowest BCUT2D eigenvalue weighted by Crippen LogP contribution is -2.24. The van der Waals surface area contributed by atoms with E-state index in [0.717, 1.165) is 109 Å². The highest BCUT2D eigenvalue weighted by Gasteiger charge is 2.21. The molecule has 2 aromatic heterocycles. The van der Waals surface area contributed by atoms with Crippen molar-refractivity contribution >= 4 is 82.2 Å². The summed E-state index contributed by atoms with van der Waals surface area (Å²) in [6, 6.07) is 22.8. The number of halogens is 4. The molecule has 0 saturated carbocycles. The van der Waals surface area contributed by atoms with E-state index in [4.69, 9.17) is 26.3 Å². The zero-order valence-electron chi connectivity index (χ0n) is 29.7. The van der Waals surface area contributed by atoms with Crippen molar-refractivity contribution in [3.63, 3.8) is 0 Å². The SMILES string of the molecule is Cl.Cl.Cl.O=C(CCc1ccc2nc(-c3ccccc3)c3c(c2c1)OCCC3)NCCCCCCCCNc1c2c(nc3cc(Cl)ccc13)CCCC2. The van der Waals surface area contributed by atoms with Crippen LogP contribution in [0.5, 0.6) is 5.75 Å². The van der Waals surface area contributed by atoms with Gasteiger partial charge >= 0.3 is 0 Å². The molecular formula is C42H50Cl4N4O2. The number of benzene rings is 3. The Hall–Kier alpha value is -3.29. The Morgan fingerprint density at radius 3 is 2.31 bits per heavy atom. The van der Waals surface area contributed by atoms with Crippen molar-refractivity contribution in [1.29, 1.82) is 0 Å². The molecule has 0 bridgehead atoms. The molecule has 0 saturated heterocycles. The number of nitrogens with one attached hydrogen (secondary N) is 2. The second-order valence-corrected chi connectivity index (χ2v) is 14.1. The first kappa shape index (κ1) is 41.5. The van der Waals surface area contributed by atoms with Gasteiger partial charge in [-0.05, 0) is 99.2 Å². The van der Waals surface area contributed by atoms with Gasteiger partial charge < -0.3 is 15.4 Å². The van der Waals surface area contributed by atoms with Crippen LogP contribution in [0.3, 0.4) is 0 Å². The van der Waals surface area contributed by atoms with Crippen LogP contribution in [0.15, 0.2) is 66.7 Å². The van der Waals surface area contributed by atoms with E-state index in [9.17, 15) is 4.79 Å². The number of hydrogen-bond acceptors (Lipinski definition) is 5. The number of nitrogens with zero attached hydrogens (tertiary/aromatic N) is 2. The molecule has 1 aliphatic carbocycles. The quantitative estimate of drug-likeness (QED) is 0.110. The second kappa shape index (κ2) is 20.2. The van der Waals surface area contributed by atoms with Gasteiger partial charge in [-0.3, -0.25) is 9.78 Å². The molecule has 2 N–H and O–H groups in total. The predicted molar refractivity (Wildman–Crippen MR) is 224 cm³/mol. The van der Waals surface area contributed by atoms with Gasteiger partial charge in [-0.25, -0.2) is 4.98 Å². The largest absolute Gasteiger partial charge is 0.493 e. The molecule has 5 aromatic rings. The topological polar surface area (TPSA) is 76.1 Å². The minimum Gasteiger partial charge on any atom is -0.493 e. The highest BCUT2D eigenvalue weighted by Crippen LogP contribution is 2.39. The standard InChI is InChI=1S/C42H47ClN4O2.3ClH/c43-31-20-21-33-38(28-31)46-36-17-9-8-15-32(36)41(33)45-25-11-4-2-1-3-10-24-44-39(48)23-19-29-18-22-37-35(27-29)42-34(16-12-26-49-42)40(47-37)30-13-6-5-7-14-30;;;/h5-7,13-14,18,20-22,27-28H,1-4,8-12,15-17,19,23-26H2,(H,44,48)(H,45,46);3*1H. The maximum Gasteiger partial charge on any atom is 0.220 e. The van der Waals surface area contributed by atoms with Gasteiger partial charge in [0.2, 0.25) is 5.91 Å². The Balaban J connectivity index is 0.00000202. The van der Waals surface area contributed by atoms with Crippen LogP contribution in [-0.4, -0.2) is 35.6 Å². The third-order valence-electron chi connectivity index (χ3n) is 10.1. The van der Waals surface area contributed by atoms with E-state index in [2.05, 4.69) is 59.2 Å². The predicted octanol–water partition coefficient (Wildman–Crippen LogP) is 11.1. The summed E-state index contributed by atoms with van der Waals surface area (Å²) in [6.07, 6.45) is 14.7. The van der Waals surface area contributed by atoms with Gasteiger partial charge in [0, 0.05) is 57.8 Å². The van der Waals surface area contributed by atoms with E-state index in [1.807, 2.05) is 18.2 Å². The van der Waals surface area contributed by atoms with Crippen molar-refractivity contribution in [1.82, 2.24) is 15.3 Å². The lowest BCUT2D eigenvalue weighted by atomic mass is 9.92. The van der Waals surface area contributed by atoms with Gasteiger partial charge in [0.15, 0.2) is 0 Å². The highest BCUT2D eigenvalue weighted by molar-refractivity contribution is 6.31. The lowest BCUT2D eigenvalue weighted by Gasteiger charge is -2.22. The van der Waals surface area contributed by atoms with E-state index in [-0.39, 0.29) is 43.1 Å². The number of amides is 1. The van der Waals surface area contributed by atoms with E-state index in [0.29, 0.717) is 12.8 Å². The van der Waals surface area contributed by atoms with Gasteiger partial charge in [-0.1, -0.05) is 73.7 Å². The smallest absolute Gasteiger partial charge is 0.220 e. The summed E-state index contributed by atoms with van der Waals surface area (Å²) in [5, 5.41) is 9.90. The van der Waals surface area contributed by atoms with Crippen molar-refractivity contribution in [3.8, 4) is 17.0 Å². The summed E-state index contributed by atoms with van der Waals surface area (Å²) in [4.78, 5) is 22.7. The van der Waals surface area contributed by atoms with Crippen molar-refractivity contribution in [2.45, 2.75) is 89.9 Å². The number of pyridine rings is 2. The molecule has 0 spiro atoms. The van der Waals surface area contributed by atoms with Gasteiger partial charge in [-0.2, -0.15) is 0 Å². The number of aromatic nitrogens is 2. The first-order valence-electron chi connectivity index (χ1n) is 18.4. The van der Waals surface area contributed by atoms with E-state index in [1.54, 1.807) is 0 Å². The van der Waals surface area contributed by atoms with Crippen molar-refractivity contribution in [2.24, 2.45) is 0 Å². The number of anilines is 1. The molecule has 10 heteroatoms. The first-order valence-corrected chi connectivity index (χ1v) is 18.8. The molecule has 0 unspecified atom stereocenters. The maximum absolute atomic E-state index is 12.7. The van der Waals surface area contributed by atoms with Crippen LogP contribution in [0.4, 0.5) is 5.69 Å². The van der Waals surface area contributed by atoms with Crippen LogP contribution in [0, 0.1) is 0 Å². The molecule has 7 rings (SSSR count). The Morgan fingerprint density at radius 2 is 1.48 bits per heavy atom. The monoisotopic (exact) mass is 782 g/mol. The summed E-state index contributed by atoms with van der Waals surface area (Å²) >= 11 is 6.28. The Labute approximate surface area is 331 Å². The average Bonchev–Trinajstić information content (AvgIpc) is 3.14. The van der Waals surface area contributed by atoms with Crippen LogP contribution in [-0.2, 0) is 30.5 Å². The fraction of sp³-hybridized carbons (Fsp3) is 0.405. The first-order chi connectivity index (χ1) is 24.1. The molecule has 52 heavy (non-hydrogen) atoms. The highest BCUT2D eigenvalue weighted by atomic mass is 35.5. The third kappa shape index (κ3) is 10.0. The van der Waals surface area contributed by atoms with Crippen LogP contribution in [0.25, 0.3) is 33.1 Å². The summed E-state index contributed by atoms with van der Waals surface area (Å²) in [6.45, 7) is 2.45. The van der Waals surface area contributed by atoms with Gasteiger partial charge in [0.25, 0.3) is 0 Å². The number of carbonyl (C=O) groups is 1. The molecule has 1 amide bonds. The van der Waals surface area contributed by atoms with E-state index in [1.165, 1.54) is 60.0 Å². The Kier molecular flexibility index (Phi) is 16.1. The summed E-state index contributed by atoms with van der Waals surface area (Å²) in [5.74, 6) is 1.08. The lowest BCUT2D eigenvalue weighted by molar-refractivity contribution is -0.121. The molecule has 1 aliphatic heterocycles. The molecule has 6 nitrogen and oxygen atoms in total. The number of ether oxygens (including phenoxy) is 1. The summed E-state index contributed by atoms with van der Waals surface area (Å²) < 4.78 is 6.22. The van der Waals surface area contributed by atoms with E-state index >= 15 is 0 Å². The molecule has 278 valence electrons. The minimum absolute atomic E-state index is 0. The zero-order chi connectivity index (χ0) is 33.4. The number of carbonyl (C=O) groups excluding carboxylic acids is 1. The number of fused-ring (bicyclic) bond motifs is 5. The van der Waals surface area contributed by atoms with Crippen molar-refractivity contribution in [2.75, 3.05) is 25.0 Å². The second-order valence-electron chi connectivity index (χ2n) is 13.6. The van der Waals surface area contributed by atoms with Crippen molar-refractivity contribution < 1.29 is 9.53 Å². The normalized spacial score (nSPS) is 13.1. The summed E-state index contributed by atoms with van der Waals surface area (Å²) in [7, 11) is 0. The Bertz CT molecular complexity index is 1940. The molecule has 2 aliphatic rings. The number of unbranched alkanes of at least 4 members (excludes halogenated alkanes) is 5. The number of rotatable bonds is 14. The van der Waals surface area contributed by atoms with Crippen LogP contribution in [0.2, 0.25) is 5.02 Å². The van der Waals surface area contributed by atoms with Gasteiger partial charge in [0.05, 0.1) is 23.3 Å². The molecule has 3 aromatic carbocycles. The molecule has 0 atom stereocenters. The fourth-order valence-corrected chi connectivity index (χ4v) is 7.64. The van der Waals surface area contributed by atoms with Gasteiger partial charge in [-0.15, -0.1) is 37.2 Å². The average molecular weight is 785 g/mol. The fourth-order valence-electron chi connectivity index (χ4n) is 7.48. The van der Waals surface area contributed by atoms with Crippen LogP contribution < -0.4 is 15.4 Å². The molecule has 0 fully saturated rings. The van der Waals surface area contributed by atoms with Gasteiger partial charge in [0.1, 0.15) is 5.75 Å². The summed E-state index contributed by atoms with van der Waals surface area (Å²) in [5.41, 5.74) is 10.3. The molecular weight excluding hydrogens is 734 g/mol. The van der Waals surface area contributed by atoms with Crippen LogP contribution >= 0.6 is 48.8 Å². The number of hydrogen-bond donors (Lipinski definition) is 2. The van der Waals surface area contributed by atoms with Crippen LogP contribution in [0.1, 0.15) is 86.6 Å². The van der Waals surface area contributed by atoms with E-state index < -0.39 is 0 Å². The Morgan fingerprint density at radius 1 is 0.731 bits per heavy atom. The van der Waals surface area contributed by atoms with Crippen molar-refractivity contribution in [3.05, 3.63) is 94.1 Å². The third-order valence-corrected chi connectivity index (χ3v) is 10.3. The molecule has 0 radical (unpaired) electrons. The number of aryl methyl sites for hydroxylation is 2. The zero-order valence-corrected chi connectivity index (χ0v) is 32.9. The minimum atomic E-state index is 0. The maximum atomic E-state index is 12.7. The molecule has 3 heterocycles.